The third kappa shape index (κ3) is 7.74. The first-order valence-corrected chi connectivity index (χ1v) is 12.6. The Balaban J connectivity index is 2.09. The second kappa shape index (κ2) is 12.4. The fourth-order valence-corrected chi connectivity index (χ4v) is 4.28. The van der Waals surface area contributed by atoms with Crippen LogP contribution in [0, 0.1) is 12.8 Å². The molecule has 0 heterocycles. The SMILES string of the molecule is CCCOc1ccc(C(=O)NNC(=O)C(CC(C)C)NS(=O)(=O)c2ccc(C)cc2)cc1OC. The van der Waals surface area contributed by atoms with E-state index in [4.69, 9.17) is 9.47 Å². The first-order valence-electron chi connectivity index (χ1n) is 11.1. The van der Waals surface area contributed by atoms with Gasteiger partial charge < -0.3 is 9.47 Å². The van der Waals surface area contributed by atoms with Crippen LogP contribution in [-0.4, -0.2) is 40.0 Å². The predicted molar refractivity (Wildman–Crippen MR) is 129 cm³/mol. The maximum absolute atomic E-state index is 12.8. The number of rotatable bonds is 11. The zero-order chi connectivity index (χ0) is 25.3. The van der Waals surface area contributed by atoms with Gasteiger partial charge in [0.1, 0.15) is 6.04 Å². The summed E-state index contributed by atoms with van der Waals surface area (Å²) in [4.78, 5) is 25.4. The molecule has 10 heteroatoms. The van der Waals surface area contributed by atoms with Crippen LogP contribution in [-0.2, 0) is 14.8 Å². The van der Waals surface area contributed by atoms with E-state index in [1.54, 1.807) is 24.3 Å². The van der Waals surface area contributed by atoms with Crippen molar-refractivity contribution in [3.05, 3.63) is 53.6 Å². The zero-order valence-electron chi connectivity index (χ0n) is 20.2. The van der Waals surface area contributed by atoms with Gasteiger partial charge in [0.2, 0.25) is 10.0 Å². The molecule has 0 aliphatic rings. The highest BCUT2D eigenvalue weighted by Gasteiger charge is 2.27. The van der Waals surface area contributed by atoms with Crippen molar-refractivity contribution in [1.82, 2.24) is 15.6 Å². The van der Waals surface area contributed by atoms with Crippen molar-refractivity contribution in [2.45, 2.75) is 51.5 Å². The van der Waals surface area contributed by atoms with E-state index in [0.717, 1.165) is 12.0 Å². The summed E-state index contributed by atoms with van der Waals surface area (Å²) in [7, 11) is -2.47. The lowest BCUT2D eigenvalue weighted by molar-refractivity contribution is -0.123. The topological polar surface area (TPSA) is 123 Å². The Bertz CT molecular complexity index is 1080. The van der Waals surface area contributed by atoms with Crippen molar-refractivity contribution in [2.75, 3.05) is 13.7 Å². The first-order chi connectivity index (χ1) is 16.1. The van der Waals surface area contributed by atoms with Gasteiger partial charge in [-0.1, -0.05) is 38.5 Å². The van der Waals surface area contributed by atoms with Gasteiger partial charge in [-0.3, -0.25) is 20.4 Å². The van der Waals surface area contributed by atoms with Gasteiger partial charge in [-0.15, -0.1) is 0 Å². The van der Waals surface area contributed by atoms with Gasteiger partial charge in [0.15, 0.2) is 11.5 Å². The van der Waals surface area contributed by atoms with Crippen LogP contribution in [0.3, 0.4) is 0 Å². The minimum Gasteiger partial charge on any atom is -0.493 e. The highest BCUT2D eigenvalue weighted by Crippen LogP contribution is 2.28. The number of carbonyl (C=O) groups is 2. The summed E-state index contributed by atoms with van der Waals surface area (Å²) >= 11 is 0. The Morgan fingerprint density at radius 2 is 1.68 bits per heavy atom. The Hall–Kier alpha value is -3.11. The highest BCUT2D eigenvalue weighted by atomic mass is 32.2. The lowest BCUT2D eigenvalue weighted by Crippen LogP contribution is -2.52. The Kier molecular flexibility index (Phi) is 9.88. The van der Waals surface area contributed by atoms with E-state index in [9.17, 15) is 18.0 Å². The molecular weight excluding hydrogens is 458 g/mol. The van der Waals surface area contributed by atoms with Crippen LogP contribution in [0.2, 0.25) is 0 Å². The summed E-state index contributed by atoms with van der Waals surface area (Å²) in [6, 6.07) is 9.89. The maximum atomic E-state index is 12.8. The number of carbonyl (C=O) groups excluding carboxylic acids is 2. The van der Waals surface area contributed by atoms with Crippen molar-refractivity contribution in [1.29, 1.82) is 0 Å². The minimum absolute atomic E-state index is 0.0205. The number of hydrazine groups is 1. The molecule has 2 rings (SSSR count). The van der Waals surface area contributed by atoms with E-state index in [0.29, 0.717) is 18.1 Å². The maximum Gasteiger partial charge on any atom is 0.269 e. The molecule has 3 N–H and O–H groups in total. The lowest BCUT2D eigenvalue weighted by Gasteiger charge is -2.20. The van der Waals surface area contributed by atoms with E-state index in [1.165, 1.54) is 25.3 Å². The predicted octanol–water partition coefficient (Wildman–Crippen LogP) is 2.95. The van der Waals surface area contributed by atoms with Gasteiger partial charge in [0, 0.05) is 5.56 Å². The zero-order valence-corrected chi connectivity index (χ0v) is 21.0. The number of ether oxygens (including phenoxy) is 2. The molecule has 0 bridgehead atoms. The van der Waals surface area contributed by atoms with Crippen LogP contribution in [0.15, 0.2) is 47.4 Å². The highest BCUT2D eigenvalue weighted by molar-refractivity contribution is 7.89. The molecule has 0 aliphatic heterocycles. The van der Waals surface area contributed by atoms with Crippen molar-refractivity contribution in [2.24, 2.45) is 5.92 Å². The number of benzene rings is 2. The minimum atomic E-state index is -3.93. The summed E-state index contributed by atoms with van der Waals surface area (Å²) in [5, 5.41) is 0. The summed E-state index contributed by atoms with van der Waals surface area (Å²) in [6.07, 6.45) is 1.06. The van der Waals surface area contributed by atoms with Crippen LogP contribution in [0.25, 0.3) is 0 Å². The summed E-state index contributed by atoms with van der Waals surface area (Å²) in [6.45, 7) is 8.07. The molecule has 1 atom stereocenters. The normalized spacial score (nSPS) is 12.2. The number of hydrogen-bond donors (Lipinski definition) is 3. The summed E-state index contributed by atoms with van der Waals surface area (Å²) in [5.74, 6) is -0.346. The molecule has 9 nitrogen and oxygen atoms in total. The van der Waals surface area contributed by atoms with E-state index >= 15 is 0 Å². The molecule has 2 amide bonds. The monoisotopic (exact) mass is 491 g/mol. The molecule has 0 aromatic heterocycles. The Labute approximate surface area is 201 Å². The average molecular weight is 492 g/mol. The molecule has 0 radical (unpaired) electrons. The van der Waals surface area contributed by atoms with Gasteiger partial charge in [0.25, 0.3) is 11.8 Å². The summed E-state index contributed by atoms with van der Waals surface area (Å²) < 4.78 is 38.8. The first kappa shape index (κ1) is 27.1. The van der Waals surface area contributed by atoms with Crippen molar-refractivity contribution >= 4 is 21.8 Å². The third-order valence-corrected chi connectivity index (χ3v) is 6.33. The van der Waals surface area contributed by atoms with Gasteiger partial charge >= 0.3 is 0 Å². The number of aryl methyl sites for hydroxylation is 1. The van der Waals surface area contributed by atoms with Gasteiger partial charge in [0.05, 0.1) is 18.6 Å². The summed E-state index contributed by atoms with van der Waals surface area (Å²) in [5.41, 5.74) is 5.80. The fraction of sp³-hybridized carbons (Fsp3) is 0.417. The Morgan fingerprint density at radius 3 is 2.26 bits per heavy atom. The molecule has 34 heavy (non-hydrogen) atoms. The van der Waals surface area contributed by atoms with Crippen LogP contribution in [0.5, 0.6) is 11.5 Å². The standard InChI is InChI=1S/C24H33N3O6S/c1-6-13-33-21-12-9-18(15-22(21)32-5)23(28)25-26-24(29)20(14-16(2)3)27-34(30,31)19-10-7-17(4)8-11-19/h7-12,15-16,20,27H,6,13-14H2,1-5H3,(H,25,28)(H,26,29). The van der Waals surface area contributed by atoms with Gasteiger partial charge in [-0.2, -0.15) is 4.72 Å². The molecule has 186 valence electrons. The number of nitrogens with one attached hydrogen (secondary N) is 3. The Morgan fingerprint density at radius 1 is 1.00 bits per heavy atom. The van der Waals surface area contributed by atoms with Crippen LogP contribution < -0.4 is 25.0 Å². The molecule has 0 spiro atoms. The van der Waals surface area contributed by atoms with Crippen molar-refractivity contribution in [3.63, 3.8) is 0 Å². The van der Waals surface area contributed by atoms with E-state index in [1.807, 2.05) is 27.7 Å². The lowest BCUT2D eigenvalue weighted by atomic mass is 10.0. The average Bonchev–Trinajstić information content (AvgIpc) is 2.80. The molecule has 0 fully saturated rings. The molecular formula is C24H33N3O6S. The quantitative estimate of drug-likeness (QED) is 0.416. The largest absolute Gasteiger partial charge is 0.493 e. The smallest absolute Gasteiger partial charge is 0.269 e. The number of methoxy groups -OCH3 is 1. The van der Waals surface area contributed by atoms with Gasteiger partial charge in [-0.05, 0) is 56.0 Å². The number of sulfonamides is 1. The molecule has 0 aliphatic carbocycles. The molecule has 0 saturated heterocycles. The van der Waals surface area contributed by atoms with Crippen LogP contribution in [0.1, 0.15) is 49.5 Å². The third-order valence-electron chi connectivity index (χ3n) is 4.84. The molecule has 2 aromatic carbocycles. The second-order valence-electron chi connectivity index (χ2n) is 8.27. The van der Waals surface area contributed by atoms with Crippen LogP contribution >= 0.6 is 0 Å². The van der Waals surface area contributed by atoms with Gasteiger partial charge in [-0.25, -0.2) is 8.42 Å². The number of hydrogen-bond acceptors (Lipinski definition) is 6. The number of amides is 2. The van der Waals surface area contributed by atoms with E-state index < -0.39 is 27.9 Å². The second-order valence-corrected chi connectivity index (χ2v) is 9.99. The van der Waals surface area contributed by atoms with Crippen LogP contribution in [0.4, 0.5) is 0 Å². The van der Waals surface area contributed by atoms with E-state index in [-0.39, 0.29) is 22.8 Å². The molecule has 2 aromatic rings. The van der Waals surface area contributed by atoms with E-state index in [2.05, 4.69) is 15.6 Å². The van der Waals surface area contributed by atoms with Crippen molar-refractivity contribution in [3.8, 4) is 11.5 Å². The molecule has 0 saturated carbocycles. The molecule has 1 unspecified atom stereocenters. The van der Waals surface area contributed by atoms with Crippen molar-refractivity contribution < 1.29 is 27.5 Å². The fourth-order valence-electron chi connectivity index (χ4n) is 3.07.